The van der Waals surface area contributed by atoms with Crippen LogP contribution in [-0.2, 0) is 16.3 Å². The van der Waals surface area contributed by atoms with E-state index in [4.69, 9.17) is 15.6 Å². The summed E-state index contributed by atoms with van der Waals surface area (Å²) in [5.41, 5.74) is 6.68. The number of anilines is 1. The van der Waals surface area contributed by atoms with Crippen molar-refractivity contribution in [3.05, 3.63) is 29.6 Å². The van der Waals surface area contributed by atoms with Crippen molar-refractivity contribution in [2.75, 3.05) is 25.5 Å². The van der Waals surface area contributed by atoms with Crippen LogP contribution >= 0.6 is 0 Å². The van der Waals surface area contributed by atoms with E-state index in [-0.39, 0.29) is 11.5 Å². The first kappa shape index (κ1) is 17.7. The zero-order valence-electron chi connectivity index (χ0n) is 16.1. The molecule has 2 bridgehead atoms. The fourth-order valence-corrected chi connectivity index (χ4v) is 5.73. The number of ether oxygens (including phenoxy) is 1. The molecule has 29 heavy (non-hydrogen) atoms. The summed E-state index contributed by atoms with van der Waals surface area (Å²) >= 11 is 0. The third-order valence-electron chi connectivity index (χ3n) is 7.25. The molecule has 5 fully saturated rings. The van der Waals surface area contributed by atoms with Crippen LogP contribution in [0.4, 0.5) is 19.0 Å². The van der Waals surface area contributed by atoms with Gasteiger partial charge < -0.3 is 10.5 Å². The van der Waals surface area contributed by atoms with Crippen molar-refractivity contribution in [1.29, 1.82) is 0 Å². The van der Waals surface area contributed by atoms with Crippen LogP contribution in [0.5, 0.6) is 0 Å². The van der Waals surface area contributed by atoms with Crippen LogP contribution < -0.4 is 5.73 Å². The Morgan fingerprint density at radius 1 is 1.28 bits per heavy atom. The van der Waals surface area contributed by atoms with E-state index in [0.29, 0.717) is 35.2 Å². The van der Waals surface area contributed by atoms with Gasteiger partial charge in [0.25, 0.3) is 0 Å². The van der Waals surface area contributed by atoms with Gasteiger partial charge in [-0.05, 0) is 37.8 Å². The van der Waals surface area contributed by atoms with Gasteiger partial charge in [0.2, 0.25) is 0 Å². The zero-order chi connectivity index (χ0) is 20.3. The zero-order valence-corrected chi connectivity index (χ0v) is 16.1. The van der Waals surface area contributed by atoms with Gasteiger partial charge in [0.1, 0.15) is 5.82 Å². The summed E-state index contributed by atoms with van der Waals surface area (Å²) in [5, 5.41) is 4.69. The molecule has 5 aliphatic rings. The van der Waals surface area contributed by atoms with E-state index >= 15 is 0 Å². The van der Waals surface area contributed by atoms with Gasteiger partial charge in [-0.2, -0.15) is 18.3 Å². The highest BCUT2D eigenvalue weighted by Crippen LogP contribution is 2.86. The van der Waals surface area contributed by atoms with Crippen LogP contribution in [0.3, 0.4) is 0 Å². The number of nitrogen functional groups attached to an aromatic ring is 1. The van der Waals surface area contributed by atoms with E-state index < -0.39 is 17.6 Å². The molecule has 3 aliphatic heterocycles. The number of nitrogens with zero attached hydrogens (tertiary/aromatic N) is 4. The summed E-state index contributed by atoms with van der Waals surface area (Å²) in [6.45, 7) is 6.80. The summed E-state index contributed by atoms with van der Waals surface area (Å²) in [5.74, 6) is 0.773. The number of hydrogen-bond acceptors (Lipinski definition) is 5. The first-order valence-electron chi connectivity index (χ1n) is 10.0. The third-order valence-corrected chi connectivity index (χ3v) is 7.25. The molecule has 2 saturated carbocycles. The summed E-state index contributed by atoms with van der Waals surface area (Å²) in [6, 6.07) is 4.20. The van der Waals surface area contributed by atoms with Crippen molar-refractivity contribution in [3.63, 3.8) is 0 Å². The van der Waals surface area contributed by atoms with Crippen LogP contribution in [0.25, 0.3) is 11.3 Å². The van der Waals surface area contributed by atoms with Crippen LogP contribution in [0.15, 0.2) is 18.3 Å². The Balaban J connectivity index is 1.38. The van der Waals surface area contributed by atoms with Crippen molar-refractivity contribution in [3.8, 4) is 11.3 Å². The monoisotopic (exact) mass is 405 g/mol. The fourth-order valence-electron chi connectivity index (χ4n) is 5.73. The average Bonchev–Trinajstić information content (AvgIpc) is 3.17. The number of alkyl halides is 3. The molecule has 0 amide bonds. The van der Waals surface area contributed by atoms with E-state index in [2.05, 4.69) is 23.7 Å². The van der Waals surface area contributed by atoms with Crippen LogP contribution in [0, 0.1) is 11.8 Å². The van der Waals surface area contributed by atoms with Gasteiger partial charge >= 0.3 is 6.18 Å². The Hall–Kier alpha value is -2.13. The van der Waals surface area contributed by atoms with Gasteiger partial charge in [0, 0.05) is 41.5 Å². The molecular weight excluding hydrogens is 383 g/mol. The van der Waals surface area contributed by atoms with Gasteiger partial charge in [-0.15, -0.1) is 0 Å². The Labute approximate surface area is 165 Å². The second kappa shape index (κ2) is 5.31. The molecule has 2 aromatic rings. The number of rotatable bonds is 4. The molecule has 0 spiro atoms. The third kappa shape index (κ3) is 2.15. The molecule has 4 atom stereocenters. The maximum Gasteiger partial charge on any atom is 0.419 e. The minimum absolute atomic E-state index is 0.124. The van der Waals surface area contributed by atoms with Gasteiger partial charge in [-0.25, -0.2) is 4.98 Å². The van der Waals surface area contributed by atoms with E-state index in [1.54, 1.807) is 0 Å². The van der Waals surface area contributed by atoms with Gasteiger partial charge in [-0.1, -0.05) is 0 Å². The number of nitrogens with two attached hydrogens (primary N) is 1. The summed E-state index contributed by atoms with van der Waals surface area (Å²) in [6.07, 6.45) is -3.17. The van der Waals surface area contributed by atoms with Gasteiger partial charge in [0.15, 0.2) is 0 Å². The highest BCUT2D eigenvalue weighted by molar-refractivity contribution is 5.65. The van der Waals surface area contributed by atoms with Crippen LogP contribution in [0.1, 0.15) is 31.1 Å². The number of halogens is 3. The van der Waals surface area contributed by atoms with E-state index in [1.807, 2.05) is 10.7 Å². The lowest BCUT2D eigenvalue weighted by Crippen LogP contribution is -2.48. The Morgan fingerprint density at radius 3 is 2.62 bits per heavy atom. The molecule has 2 aromatic heterocycles. The SMILES string of the molecule is CC(C)n1nc(-c2cnc(N)c(C(F)(F)F)c2)cc1[C@]12C3[C@H]1[C@H]2CN3C1COC1. The molecular formula is C20H22F3N5O. The lowest BCUT2D eigenvalue weighted by atomic mass is 10.0. The standard InChI is InChI=1S/C20H22F3N5O/c1-9(2)28-15(19-13-6-27(11-7-29-8-11)17(19)16(13)19)4-14(26-28)10-3-12(20(21,22)23)18(24)25-5-10/h3-5,9,11,13,16-17H,6-8H2,1-2H3,(H2,24,25)/t13-,16-,17?,19+/m1/s1. The summed E-state index contributed by atoms with van der Waals surface area (Å²) < 4.78 is 47.2. The molecule has 9 heteroatoms. The molecule has 7 rings (SSSR count). The second-order valence-corrected chi connectivity index (χ2v) is 9.01. The predicted octanol–water partition coefficient (Wildman–Crippen LogP) is 2.71. The van der Waals surface area contributed by atoms with Gasteiger partial charge in [0.05, 0.1) is 30.5 Å². The Kier molecular flexibility index (Phi) is 3.24. The molecule has 6 nitrogen and oxygen atoms in total. The minimum Gasteiger partial charge on any atom is -0.383 e. The van der Waals surface area contributed by atoms with Crippen LogP contribution in [0.2, 0.25) is 0 Å². The number of aromatic nitrogens is 3. The smallest absolute Gasteiger partial charge is 0.383 e. The molecule has 0 aromatic carbocycles. The summed E-state index contributed by atoms with van der Waals surface area (Å²) in [7, 11) is 0. The molecule has 154 valence electrons. The molecule has 3 saturated heterocycles. The predicted molar refractivity (Wildman–Crippen MR) is 99.0 cm³/mol. The normalized spacial score (nSPS) is 33.1. The molecule has 0 radical (unpaired) electrons. The highest BCUT2D eigenvalue weighted by atomic mass is 19.4. The first-order valence-corrected chi connectivity index (χ1v) is 10.0. The molecule has 2 aliphatic carbocycles. The summed E-state index contributed by atoms with van der Waals surface area (Å²) in [4.78, 5) is 6.35. The number of fused-ring (bicyclic) bond motifs is 1. The Morgan fingerprint density at radius 2 is 2.03 bits per heavy atom. The van der Waals surface area contributed by atoms with Crippen molar-refractivity contribution < 1.29 is 17.9 Å². The van der Waals surface area contributed by atoms with Crippen molar-refractivity contribution >= 4 is 5.82 Å². The molecule has 5 heterocycles. The molecule has 1 unspecified atom stereocenters. The maximum atomic E-state index is 13.3. The fraction of sp³-hybridized carbons (Fsp3) is 0.600. The van der Waals surface area contributed by atoms with Crippen molar-refractivity contribution in [2.45, 2.75) is 43.6 Å². The average molecular weight is 405 g/mol. The Bertz CT molecular complexity index is 1010. The number of pyridine rings is 1. The van der Waals surface area contributed by atoms with E-state index in [0.717, 1.165) is 31.5 Å². The van der Waals surface area contributed by atoms with E-state index in [1.165, 1.54) is 6.20 Å². The van der Waals surface area contributed by atoms with Crippen LogP contribution in [-0.4, -0.2) is 51.5 Å². The largest absolute Gasteiger partial charge is 0.419 e. The minimum atomic E-state index is -4.54. The van der Waals surface area contributed by atoms with Crippen molar-refractivity contribution in [2.24, 2.45) is 11.8 Å². The first-order chi connectivity index (χ1) is 13.7. The van der Waals surface area contributed by atoms with E-state index in [9.17, 15) is 13.2 Å². The lowest BCUT2D eigenvalue weighted by Gasteiger charge is -2.34. The molecule has 2 N–H and O–H groups in total. The maximum absolute atomic E-state index is 13.3. The highest BCUT2D eigenvalue weighted by Gasteiger charge is 2.94. The second-order valence-electron chi connectivity index (χ2n) is 9.01. The lowest BCUT2D eigenvalue weighted by molar-refractivity contribution is -0.137. The quantitative estimate of drug-likeness (QED) is 0.847. The number of hydrogen-bond donors (Lipinski definition) is 1. The number of piperidine rings is 1. The van der Waals surface area contributed by atoms with Crippen molar-refractivity contribution in [1.82, 2.24) is 19.7 Å². The van der Waals surface area contributed by atoms with Gasteiger partial charge in [-0.3, -0.25) is 9.58 Å². The topological polar surface area (TPSA) is 69.2 Å².